The summed E-state index contributed by atoms with van der Waals surface area (Å²) in [4.78, 5) is 41.1. The number of benzene rings is 1. The number of nitrogens with one attached hydrogen (secondary N) is 1. The number of hydrogen-bond acceptors (Lipinski definition) is 5. The largest absolute Gasteiger partial charge is 0.469 e. The number of esters is 1. The summed E-state index contributed by atoms with van der Waals surface area (Å²) in [5.74, 6) is -0.706. The minimum atomic E-state index is -0.672. The highest BCUT2D eigenvalue weighted by Gasteiger charge is 2.35. The molecule has 2 aliphatic rings. The van der Waals surface area contributed by atoms with E-state index in [0.29, 0.717) is 13.1 Å². The molecule has 152 valence electrons. The highest BCUT2D eigenvalue weighted by atomic mass is 16.5. The minimum Gasteiger partial charge on any atom is -0.469 e. The van der Waals surface area contributed by atoms with Gasteiger partial charge in [0.05, 0.1) is 20.1 Å². The Balaban J connectivity index is 1.77. The quantitative estimate of drug-likeness (QED) is 0.752. The van der Waals surface area contributed by atoms with Crippen LogP contribution in [0.2, 0.25) is 0 Å². The zero-order valence-electron chi connectivity index (χ0n) is 16.4. The van der Waals surface area contributed by atoms with Gasteiger partial charge in [0, 0.05) is 24.8 Å². The van der Waals surface area contributed by atoms with Crippen LogP contribution in [0, 0.1) is 0 Å². The molecular formula is C21H29N3O4. The summed E-state index contributed by atoms with van der Waals surface area (Å²) in [5, 5.41) is 2.78. The Morgan fingerprint density at radius 2 is 1.89 bits per heavy atom. The number of rotatable bonds is 6. The second kappa shape index (κ2) is 9.68. The van der Waals surface area contributed by atoms with Crippen molar-refractivity contribution in [1.29, 1.82) is 0 Å². The van der Waals surface area contributed by atoms with Gasteiger partial charge in [-0.1, -0.05) is 37.5 Å². The normalized spacial score (nSPS) is 21.0. The molecule has 7 nitrogen and oxygen atoms in total. The third-order valence-corrected chi connectivity index (χ3v) is 5.61. The van der Waals surface area contributed by atoms with Gasteiger partial charge in [-0.05, 0) is 25.0 Å². The van der Waals surface area contributed by atoms with Crippen LogP contribution in [0.4, 0.5) is 5.69 Å². The van der Waals surface area contributed by atoms with Crippen LogP contribution in [0.3, 0.4) is 0 Å². The first-order valence-corrected chi connectivity index (χ1v) is 10.1. The second-order valence-corrected chi connectivity index (χ2v) is 7.45. The zero-order chi connectivity index (χ0) is 19.9. The maximum absolute atomic E-state index is 13.4. The van der Waals surface area contributed by atoms with Crippen LogP contribution in [-0.4, -0.2) is 61.5 Å². The van der Waals surface area contributed by atoms with Crippen LogP contribution in [0.15, 0.2) is 30.3 Å². The third kappa shape index (κ3) is 4.90. The maximum atomic E-state index is 13.4. The van der Waals surface area contributed by atoms with Gasteiger partial charge < -0.3 is 15.0 Å². The Morgan fingerprint density at radius 3 is 2.57 bits per heavy atom. The molecule has 1 aliphatic carbocycles. The fourth-order valence-electron chi connectivity index (χ4n) is 4.15. The van der Waals surface area contributed by atoms with E-state index < -0.39 is 12.0 Å². The van der Waals surface area contributed by atoms with Crippen molar-refractivity contribution in [2.45, 2.75) is 50.6 Å². The Kier molecular flexibility index (Phi) is 7.03. The first-order chi connectivity index (χ1) is 13.6. The molecule has 1 N–H and O–H groups in total. The molecular weight excluding hydrogens is 358 g/mol. The average molecular weight is 387 g/mol. The lowest BCUT2D eigenvalue weighted by atomic mass is 9.93. The van der Waals surface area contributed by atoms with Gasteiger partial charge in [-0.15, -0.1) is 0 Å². The fraction of sp³-hybridized carbons (Fsp3) is 0.571. The third-order valence-electron chi connectivity index (χ3n) is 5.61. The topological polar surface area (TPSA) is 79.0 Å². The predicted octanol–water partition coefficient (Wildman–Crippen LogP) is 1.72. The molecule has 1 atom stereocenters. The summed E-state index contributed by atoms with van der Waals surface area (Å²) >= 11 is 0. The number of carbonyl (C=O) groups is 3. The molecule has 1 aromatic carbocycles. The molecule has 2 fully saturated rings. The van der Waals surface area contributed by atoms with Crippen molar-refractivity contribution in [2.24, 2.45) is 0 Å². The smallest absolute Gasteiger partial charge is 0.307 e. The second-order valence-electron chi connectivity index (χ2n) is 7.45. The lowest BCUT2D eigenvalue weighted by Gasteiger charge is -2.38. The van der Waals surface area contributed by atoms with Gasteiger partial charge in [0.15, 0.2) is 0 Å². The van der Waals surface area contributed by atoms with Gasteiger partial charge in [0.2, 0.25) is 11.8 Å². The van der Waals surface area contributed by atoms with Crippen LogP contribution in [-0.2, 0) is 19.1 Å². The molecule has 0 radical (unpaired) electrons. The molecule has 0 spiro atoms. The van der Waals surface area contributed by atoms with Crippen LogP contribution >= 0.6 is 0 Å². The number of carbonyl (C=O) groups excluding carboxylic acids is 3. The molecule has 0 aromatic heterocycles. The maximum Gasteiger partial charge on any atom is 0.307 e. The Hall–Kier alpha value is -2.41. The van der Waals surface area contributed by atoms with Gasteiger partial charge >= 0.3 is 5.97 Å². The first-order valence-electron chi connectivity index (χ1n) is 10.1. The van der Waals surface area contributed by atoms with Crippen molar-refractivity contribution < 1.29 is 19.1 Å². The predicted molar refractivity (Wildman–Crippen MR) is 106 cm³/mol. The number of methoxy groups -OCH3 is 1. The molecule has 0 bridgehead atoms. The lowest BCUT2D eigenvalue weighted by molar-refractivity contribution is -0.146. The molecule has 7 heteroatoms. The highest BCUT2D eigenvalue weighted by molar-refractivity contribution is 5.96. The van der Waals surface area contributed by atoms with Crippen LogP contribution < -0.4 is 10.2 Å². The summed E-state index contributed by atoms with van der Waals surface area (Å²) < 4.78 is 4.73. The number of ether oxygens (including phenoxy) is 1. The van der Waals surface area contributed by atoms with E-state index in [1.165, 1.54) is 13.5 Å². The molecule has 1 saturated carbocycles. The number of amides is 2. The SMILES string of the molecule is COC(=O)C[C@@H]1C(=O)NCCN1CC(=O)N(c1ccccc1)C1CCCCC1. The molecule has 1 saturated heterocycles. The number of nitrogens with zero attached hydrogens (tertiary/aromatic N) is 2. The van der Waals surface area contributed by atoms with E-state index in [9.17, 15) is 14.4 Å². The van der Waals surface area contributed by atoms with Crippen LogP contribution in [0.1, 0.15) is 38.5 Å². The summed E-state index contributed by atoms with van der Waals surface area (Å²) in [7, 11) is 1.30. The van der Waals surface area contributed by atoms with Gasteiger partial charge in [0.1, 0.15) is 6.04 Å². The summed E-state index contributed by atoms with van der Waals surface area (Å²) in [6.07, 6.45) is 5.39. The Labute approximate surface area is 166 Å². The number of para-hydroxylation sites is 1. The van der Waals surface area contributed by atoms with Crippen molar-refractivity contribution in [3.05, 3.63) is 30.3 Å². The Bertz CT molecular complexity index is 688. The van der Waals surface area contributed by atoms with E-state index >= 15 is 0 Å². The van der Waals surface area contributed by atoms with Gasteiger partial charge in [-0.25, -0.2) is 0 Å². The standard InChI is InChI=1S/C21H29N3O4/c1-28-20(26)14-18-21(27)22-12-13-23(18)15-19(25)24(16-8-4-2-5-9-16)17-10-6-3-7-11-17/h2,4-5,8-9,17-18H,3,6-7,10-15H2,1H3,(H,22,27)/t18-/m1/s1. The molecule has 0 unspecified atom stereocenters. The fourth-order valence-corrected chi connectivity index (χ4v) is 4.15. The van der Waals surface area contributed by atoms with E-state index in [1.807, 2.05) is 35.2 Å². The summed E-state index contributed by atoms with van der Waals surface area (Å²) in [6.45, 7) is 1.12. The van der Waals surface area contributed by atoms with Crippen molar-refractivity contribution in [2.75, 3.05) is 31.6 Å². The van der Waals surface area contributed by atoms with Crippen molar-refractivity contribution in [3.63, 3.8) is 0 Å². The lowest BCUT2D eigenvalue weighted by Crippen LogP contribution is -2.59. The van der Waals surface area contributed by atoms with Gasteiger partial charge in [-0.3, -0.25) is 19.3 Å². The van der Waals surface area contributed by atoms with E-state index in [4.69, 9.17) is 4.74 Å². The van der Waals surface area contributed by atoms with E-state index in [1.54, 1.807) is 4.90 Å². The summed E-state index contributed by atoms with van der Waals surface area (Å²) in [6, 6.07) is 9.24. The minimum absolute atomic E-state index is 0.0253. The Morgan fingerprint density at radius 1 is 1.18 bits per heavy atom. The molecule has 3 rings (SSSR count). The van der Waals surface area contributed by atoms with Gasteiger partial charge in [-0.2, -0.15) is 0 Å². The first kappa shape index (κ1) is 20.3. The molecule has 1 aliphatic heterocycles. The van der Waals surface area contributed by atoms with Gasteiger partial charge in [0.25, 0.3) is 0 Å². The molecule has 2 amide bonds. The highest BCUT2D eigenvalue weighted by Crippen LogP contribution is 2.28. The zero-order valence-corrected chi connectivity index (χ0v) is 16.4. The van der Waals surface area contributed by atoms with Crippen molar-refractivity contribution >= 4 is 23.5 Å². The van der Waals surface area contributed by atoms with Crippen molar-refractivity contribution in [3.8, 4) is 0 Å². The monoisotopic (exact) mass is 387 g/mol. The van der Waals surface area contributed by atoms with E-state index in [0.717, 1.165) is 31.4 Å². The molecule has 1 heterocycles. The van der Waals surface area contributed by atoms with Crippen molar-refractivity contribution in [1.82, 2.24) is 10.2 Å². The number of hydrogen-bond donors (Lipinski definition) is 1. The molecule has 28 heavy (non-hydrogen) atoms. The molecule has 1 aromatic rings. The number of anilines is 1. The summed E-state index contributed by atoms with van der Waals surface area (Å²) in [5.41, 5.74) is 0.894. The number of piperazine rings is 1. The average Bonchev–Trinajstić information content (AvgIpc) is 2.72. The van der Waals surface area contributed by atoms with E-state index in [2.05, 4.69) is 5.32 Å². The van der Waals surface area contributed by atoms with E-state index in [-0.39, 0.29) is 30.8 Å². The van der Waals surface area contributed by atoms with Crippen LogP contribution in [0.5, 0.6) is 0 Å². The van der Waals surface area contributed by atoms with Crippen LogP contribution in [0.25, 0.3) is 0 Å².